The third-order valence-corrected chi connectivity index (χ3v) is 5.24. The molecule has 134 valence electrons. The number of aromatic nitrogens is 4. The van der Waals surface area contributed by atoms with Crippen LogP contribution in [0.2, 0.25) is 0 Å². The summed E-state index contributed by atoms with van der Waals surface area (Å²) in [4.78, 5) is 14.0. The first-order valence-electron chi connectivity index (χ1n) is 8.23. The van der Waals surface area contributed by atoms with E-state index in [1.165, 1.54) is 24.4 Å². The lowest BCUT2D eigenvalue weighted by Crippen LogP contribution is -2.39. The topological polar surface area (TPSA) is 66.8 Å². The molecule has 2 fully saturated rings. The van der Waals surface area contributed by atoms with Crippen LogP contribution in [0, 0.1) is 0 Å². The highest BCUT2D eigenvalue weighted by Gasteiger charge is 2.33. The fourth-order valence-corrected chi connectivity index (χ4v) is 3.68. The van der Waals surface area contributed by atoms with Gasteiger partial charge < -0.3 is 10.2 Å². The second kappa shape index (κ2) is 6.40. The van der Waals surface area contributed by atoms with E-state index in [0.717, 1.165) is 49.3 Å². The Balaban J connectivity index is 1.34. The summed E-state index contributed by atoms with van der Waals surface area (Å²) in [7, 11) is 0. The smallest absolute Gasteiger partial charge is 0.367 e. The lowest BCUT2D eigenvalue weighted by molar-refractivity contribution is -0.141. The van der Waals surface area contributed by atoms with Gasteiger partial charge in [0.25, 0.3) is 0 Å². The Morgan fingerprint density at radius 2 is 1.88 bits per heavy atom. The molecule has 1 N–H and O–H groups in total. The first-order chi connectivity index (χ1) is 12.0. The number of hydrogen-bond acceptors (Lipinski definition) is 7. The molecule has 0 spiro atoms. The highest BCUT2D eigenvalue weighted by molar-refractivity contribution is 7.09. The maximum absolute atomic E-state index is 12.7. The van der Waals surface area contributed by atoms with Crippen molar-refractivity contribution in [2.75, 3.05) is 23.3 Å². The number of halogens is 3. The lowest BCUT2D eigenvalue weighted by Gasteiger charge is -2.32. The van der Waals surface area contributed by atoms with Crippen LogP contribution in [0.3, 0.4) is 0 Å². The van der Waals surface area contributed by atoms with Crippen molar-refractivity contribution in [2.45, 2.75) is 43.8 Å². The van der Waals surface area contributed by atoms with Crippen LogP contribution in [0.1, 0.15) is 43.1 Å². The molecule has 1 aliphatic heterocycles. The zero-order valence-corrected chi connectivity index (χ0v) is 14.1. The summed E-state index contributed by atoms with van der Waals surface area (Å²) < 4.78 is 42.6. The van der Waals surface area contributed by atoms with Crippen LogP contribution in [-0.4, -0.2) is 38.5 Å². The van der Waals surface area contributed by atoms with Gasteiger partial charge in [-0.2, -0.15) is 17.5 Å². The van der Waals surface area contributed by atoms with E-state index in [4.69, 9.17) is 0 Å². The Morgan fingerprint density at radius 3 is 2.56 bits per heavy atom. The Bertz CT molecular complexity index is 737. The number of piperidine rings is 1. The van der Waals surface area contributed by atoms with Gasteiger partial charge in [0, 0.05) is 42.6 Å². The molecule has 25 heavy (non-hydrogen) atoms. The Hall–Kier alpha value is -1.97. The predicted octanol–water partition coefficient (Wildman–Crippen LogP) is 3.31. The van der Waals surface area contributed by atoms with Gasteiger partial charge in [-0.15, -0.1) is 0 Å². The quantitative estimate of drug-likeness (QED) is 0.891. The van der Waals surface area contributed by atoms with Gasteiger partial charge in [-0.3, -0.25) is 0 Å². The largest absolute Gasteiger partial charge is 0.433 e. The van der Waals surface area contributed by atoms with Crippen LogP contribution in [0.15, 0.2) is 12.4 Å². The van der Waals surface area contributed by atoms with E-state index < -0.39 is 11.9 Å². The summed E-state index contributed by atoms with van der Waals surface area (Å²) in [6.45, 7) is 1.60. The molecule has 0 atom stereocenters. The summed E-state index contributed by atoms with van der Waals surface area (Å²) in [5.41, 5.74) is -0.927. The van der Waals surface area contributed by atoms with Crippen molar-refractivity contribution in [1.82, 2.24) is 19.3 Å². The zero-order valence-electron chi connectivity index (χ0n) is 13.3. The Morgan fingerprint density at radius 1 is 1.12 bits per heavy atom. The van der Waals surface area contributed by atoms with Gasteiger partial charge in [0.15, 0.2) is 0 Å². The number of nitrogens with one attached hydrogen (secondary N) is 1. The minimum absolute atomic E-state index is 0.0862. The predicted molar refractivity (Wildman–Crippen MR) is 87.8 cm³/mol. The highest BCUT2D eigenvalue weighted by Crippen LogP contribution is 2.40. The summed E-state index contributed by atoms with van der Waals surface area (Å²) in [5.74, 6) is 1.72. The molecule has 0 radical (unpaired) electrons. The Kier molecular flexibility index (Phi) is 4.22. The molecule has 2 aliphatic rings. The van der Waals surface area contributed by atoms with Crippen molar-refractivity contribution in [3.05, 3.63) is 23.9 Å². The van der Waals surface area contributed by atoms with E-state index in [0.29, 0.717) is 5.92 Å². The van der Waals surface area contributed by atoms with E-state index >= 15 is 0 Å². The lowest BCUT2D eigenvalue weighted by atomic mass is 10.1. The molecule has 2 aromatic heterocycles. The second-order valence-electron chi connectivity index (χ2n) is 6.40. The van der Waals surface area contributed by atoms with Crippen LogP contribution in [0.5, 0.6) is 0 Å². The van der Waals surface area contributed by atoms with Crippen LogP contribution in [0.25, 0.3) is 0 Å². The second-order valence-corrected chi connectivity index (χ2v) is 7.13. The van der Waals surface area contributed by atoms with Gasteiger partial charge in [-0.05, 0) is 25.7 Å². The summed E-state index contributed by atoms with van der Waals surface area (Å²) in [6, 6.07) is 1.04. The van der Waals surface area contributed by atoms with Crippen molar-refractivity contribution in [1.29, 1.82) is 0 Å². The van der Waals surface area contributed by atoms with Gasteiger partial charge in [0.05, 0.1) is 0 Å². The molecule has 0 bridgehead atoms. The van der Waals surface area contributed by atoms with Gasteiger partial charge in [-0.25, -0.2) is 15.0 Å². The third-order valence-electron chi connectivity index (χ3n) is 4.45. The van der Waals surface area contributed by atoms with Crippen molar-refractivity contribution >= 4 is 22.5 Å². The van der Waals surface area contributed by atoms with Crippen LogP contribution in [0.4, 0.5) is 24.1 Å². The van der Waals surface area contributed by atoms with E-state index in [2.05, 4.69) is 29.5 Å². The molecular weight excluding hydrogens is 353 g/mol. The van der Waals surface area contributed by atoms with Crippen molar-refractivity contribution in [3.63, 3.8) is 0 Å². The van der Waals surface area contributed by atoms with Gasteiger partial charge in [0.2, 0.25) is 5.13 Å². The minimum Gasteiger partial charge on any atom is -0.367 e. The monoisotopic (exact) mass is 370 g/mol. The first-order valence-corrected chi connectivity index (χ1v) is 9.01. The van der Waals surface area contributed by atoms with Gasteiger partial charge in [-0.1, -0.05) is 0 Å². The molecule has 6 nitrogen and oxygen atoms in total. The summed E-state index contributed by atoms with van der Waals surface area (Å²) in [5, 5.41) is 4.03. The number of hydrogen-bond donors (Lipinski definition) is 1. The fraction of sp³-hybridized carbons (Fsp3) is 0.600. The Labute approximate surface area is 146 Å². The molecule has 1 saturated heterocycles. The molecular formula is C15H17F3N6S. The van der Waals surface area contributed by atoms with Crippen molar-refractivity contribution in [3.8, 4) is 0 Å². The molecule has 0 unspecified atom stereocenters. The van der Waals surface area contributed by atoms with Gasteiger partial charge >= 0.3 is 6.18 Å². The van der Waals surface area contributed by atoms with Gasteiger partial charge in [0.1, 0.15) is 23.7 Å². The molecule has 4 rings (SSSR count). The molecule has 10 heteroatoms. The van der Waals surface area contributed by atoms with Crippen molar-refractivity contribution < 1.29 is 13.2 Å². The zero-order chi connectivity index (χ0) is 17.4. The fourth-order valence-electron chi connectivity index (χ4n) is 2.88. The summed E-state index contributed by atoms with van der Waals surface area (Å²) >= 11 is 1.43. The maximum atomic E-state index is 12.7. The molecule has 2 aromatic rings. The molecule has 1 saturated carbocycles. The van der Waals surface area contributed by atoms with Crippen LogP contribution >= 0.6 is 11.5 Å². The maximum Gasteiger partial charge on any atom is 0.433 e. The number of rotatable bonds is 4. The number of anilines is 2. The third kappa shape index (κ3) is 3.83. The summed E-state index contributed by atoms with van der Waals surface area (Å²) in [6.07, 6.45) is 0.468. The van der Waals surface area contributed by atoms with Crippen LogP contribution < -0.4 is 10.2 Å². The van der Waals surface area contributed by atoms with E-state index in [1.54, 1.807) is 0 Å². The number of alkyl halides is 3. The standard InChI is InChI=1S/C15H17F3N6S/c16-15(17,18)11-7-12(20-8-19-11)21-10-3-5-24(6-4-10)14-22-13(23-25-14)9-1-2-9/h7-10H,1-6H2,(H,19,20,21). The normalized spacial score (nSPS) is 19.2. The SMILES string of the molecule is FC(F)(F)c1cc(NC2CCN(c3nc(C4CC4)ns3)CC2)ncn1. The molecule has 0 aromatic carbocycles. The average Bonchev–Trinajstić information content (AvgIpc) is 3.32. The molecule has 3 heterocycles. The van der Waals surface area contributed by atoms with E-state index in [-0.39, 0.29) is 11.9 Å². The van der Waals surface area contributed by atoms with E-state index in [1.807, 2.05) is 0 Å². The van der Waals surface area contributed by atoms with Crippen molar-refractivity contribution in [2.24, 2.45) is 0 Å². The number of nitrogens with zero attached hydrogens (tertiary/aromatic N) is 5. The van der Waals surface area contributed by atoms with E-state index in [9.17, 15) is 13.2 Å². The minimum atomic E-state index is -4.46. The van der Waals surface area contributed by atoms with Crippen LogP contribution in [-0.2, 0) is 6.18 Å². The highest BCUT2D eigenvalue weighted by atomic mass is 32.1. The first kappa shape index (κ1) is 16.5. The molecule has 1 aliphatic carbocycles. The molecule has 0 amide bonds. The average molecular weight is 370 g/mol.